The zero-order chi connectivity index (χ0) is 27.1. The molecule has 2 aromatic rings. The lowest BCUT2D eigenvalue weighted by Gasteiger charge is -2.30. The number of ether oxygens (including phenoxy) is 2. The minimum atomic E-state index is -0.544. The van der Waals surface area contributed by atoms with Crippen LogP contribution in [0.15, 0.2) is 48.5 Å². The molecule has 0 aromatic heterocycles. The fourth-order valence-corrected chi connectivity index (χ4v) is 5.56. The number of carbonyl (C=O) groups excluding carboxylic acids is 2. The van der Waals surface area contributed by atoms with Crippen molar-refractivity contribution in [3.8, 4) is 5.75 Å². The third kappa shape index (κ3) is 7.12. The number of nitrogens with two attached hydrogens (primary N) is 1. The van der Waals surface area contributed by atoms with Gasteiger partial charge in [0.25, 0.3) is 5.91 Å². The van der Waals surface area contributed by atoms with Gasteiger partial charge in [-0.3, -0.25) is 14.5 Å². The Balaban J connectivity index is 1.56. The third-order valence-corrected chi connectivity index (χ3v) is 7.88. The summed E-state index contributed by atoms with van der Waals surface area (Å²) in [6.45, 7) is 4.56. The van der Waals surface area contributed by atoms with Gasteiger partial charge in [0.1, 0.15) is 11.8 Å². The van der Waals surface area contributed by atoms with Gasteiger partial charge in [-0.15, -0.1) is 0 Å². The van der Waals surface area contributed by atoms with E-state index in [4.69, 9.17) is 15.2 Å². The topological polar surface area (TPSA) is 97.1 Å². The number of nitrogens with zero attached hydrogens (tertiary/aromatic N) is 2. The first-order valence-electron chi connectivity index (χ1n) is 13.7. The van der Waals surface area contributed by atoms with Crippen molar-refractivity contribution in [3.63, 3.8) is 0 Å². The molecule has 4 rings (SSSR count). The first kappa shape index (κ1) is 28.1. The van der Waals surface area contributed by atoms with Gasteiger partial charge in [-0.05, 0) is 62.8 Å². The first-order chi connectivity index (χ1) is 18.4. The molecule has 8 nitrogen and oxygen atoms in total. The molecule has 2 unspecified atom stereocenters. The van der Waals surface area contributed by atoms with Gasteiger partial charge in [0.15, 0.2) is 0 Å². The van der Waals surface area contributed by atoms with Gasteiger partial charge in [0.2, 0.25) is 5.91 Å². The second kappa shape index (κ2) is 13.2. The number of rotatable bonds is 10. The van der Waals surface area contributed by atoms with Crippen LogP contribution in [-0.2, 0) is 16.1 Å². The normalized spacial score (nSPS) is 23.4. The summed E-state index contributed by atoms with van der Waals surface area (Å²) in [7, 11) is 3.28. The minimum Gasteiger partial charge on any atom is -0.497 e. The van der Waals surface area contributed by atoms with Crippen LogP contribution in [0.3, 0.4) is 0 Å². The van der Waals surface area contributed by atoms with Gasteiger partial charge in [0.05, 0.1) is 13.7 Å². The van der Waals surface area contributed by atoms with Crippen LogP contribution in [-0.4, -0.2) is 79.7 Å². The Bertz CT molecular complexity index is 1070. The molecule has 0 bridgehead atoms. The van der Waals surface area contributed by atoms with Gasteiger partial charge in [-0.1, -0.05) is 35.9 Å². The maximum atomic E-state index is 13.8. The molecule has 2 atom stereocenters. The molecular formula is C30H42N4O4. The number of hydrogen-bond acceptors (Lipinski definition) is 6. The highest BCUT2D eigenvalue weighted by atomic mass is 16.5. The van der Waals surface area contributed by atoms with Crippen LogP contribution in [0.5, 0.6) is 5.75 Å². The number of carbonyl (C=O) groups is 2. The molecule has 1 heterocycles. The van der Waals surface area contributed by atoms with Gasteiger partial charge >= 0.3 is 0 Å². The highest BCUT2D eigenvalue weighted by Crippen LogP contribution is 2.28. The SMILES string of the molecule is COCCN(Cc1ccc(C)cc1)C1CC(C(=O)NC2CCC(N)CC2)N(C(=O)c2cccc(OC)c2)C1. The zero-order valence-electron chi connectivity index (χ0n) is 22.9. The van der Waals surface area contributed by atoms with E-state index in [0.29, 0.717) is 37.4 Å². The maximum absolute atomic E-state index is 13.8. The molecule has 206 valence electrons. The van der Waals surface area contributed by atoms with Crippen molar-refractivity contribution in [3.05, 3.63) is 65.2 Å². The van der Waals surface area contributed by atoms with E-state index in [1.807, 2.05) is 12.1 Å². The fourth-order valence-electron chi connectivity index (χ4n) is 5.56. The molecule has 2 aromatic carbocycles. The first-order valence-corrected chi connectivity index (χ1v) is 13.7. The van der Waals surface area contributed by atoms with Crippen molar-refractivity contribution in [1.29, 1.82) is 0 Å². The Labute approximate surface area is 226 Å². The monoisotopic (exact) mass is 522 g/mol. The van der Waals surface area contributed by atoms with E-state index in [9.17, 15) is 9.59 Å². The van der Waals surface area contributed by atoms with Crippen LogP contribution in [0.2, 0.25) is 0 Å². The second-order valence-corrected chi connectivity index (χ2v) is 10.7. The average Bonchev–Trinajstić information content (AvgIpc) is 3.38. The summed E-state index contributed by atoms with van der Waals surface area (Å²) in [6.07, 6.45) is 4.14. The summed E-state index contributed by atoms with van der Waals surface area (Å²) >= 11 is 0. The van der Waals surface area contributed by atoms with E-state index in [-0.39, 0.29) is 29.9 Å². The lowest BCUT2D eigenvalue weighted by atomic mass is 9.91. The highest BCUT2D eigenvalue weighted by Gasteiger charge is 2.42. The number of hydrogen-bond donors (Lipinski definition) is 2. The van der Waals surface area contributed by atoms with Crippen LogP contribution in [0.1, 0.15) is 53.6 Å². The molecule has 0 radical (unpaired) electrons. The molecule has 2 amide bonds. The summed E-state index contributed by atoms with van der Waals surface area (Å²) in [5, 5.41) is 3.24. The number of nitrogens with one attached hydrogen (secondary N) is 1. The molecule has 2 aliphatic rings. The van der Waals surface area contributed by atoms with E-state index < -0.39 is 6.04 Å². The third-order valence-electron chi connectivity index (χ3n) is 7.88. The van der Waals surface area contributed by atoms with Crippen molar-refractivity contribution in [1.82, 2.24) is 15.1 Å². The maximum Gasteiger partial charge on any atom is 0.254 e. The van der Waals surface area contributed by atoms with Gasteiger partial charge < -0.3 is 25.4 Å². The second-order valence-electron chi connectivity index (χ2n) is 10.7. The van der Waals surface area contributed by atoms with E-state index in [1.165, 1.54) is 11.1 Å². The Hall–Kier alpha value is -2.94. The largest absolute Gasteiger partial charge is 0.497 e. The summed E-state index contributed by atoms with van der Waals surface area (Å²) in [5.74, 6) is 0.387. The summed E-state index contributed by atoms with van der Waals surface area (Å²) < 4.78 is 10.8. The molecule has 3 N–H and O–H groups in total. The van der Waals surface area contributed by atoms with E-state index in [1.54, 1.807) is 31.3 Å². The highest BCUT2D eigenvalue weighted by molar-refractivity contribution is 5.98. The van der Waals surface area contributed by atoms with Crippen LogP contribution in [0.25, 0.3) is 0 Å². The molecule has 8 heteroatoms. The Kier molecular flexibility index (Phi) is 9.77. The number of aryl methyl sites for hydroxylation is 1. The van der Waals surface area contributed by atoms with Crippen LogP contribution in [0.4, 0.5) is 0 Å². The molecule has 1 aliphatic heterocycles. The van der Waals surface area contributed by atoms with Gasteiger partial charge in [0, 0.05) is 50.4 Å². The predicted molar refractivity (Wildman–Crippen MR) is 148 cm³/mol. The lowest BCUT2D eigenvalue weighted by Crippen LogP contribution is -2.50. The molecule has 2 fully saturated rings. The number of methoxy groups -OCH3 is 2. The molecule has 0 spiro atoms. The summed E-state index contributed by atoms with van der Waals surface area (Å²) in [4.78, 5) is 31.5. The summed E-state index contributed by atoms with van der Waals surface area (Å²) in [5.41, 5.74) is 9.01. The Morgan fingerprint density at radius 2 is 1.82 bits per heavy atom. The molecule has 38 heavy (non-hydrogen) atoms. The number of benzene rings is 2. The van der Waals surface area contributed by atoms with Crippen molar-refractivity contribution >= 4 is 11.8 Å². The molecule has 1 saturated heterocycles. The van der Waals surface area contributed by atoms with E-state index in [0.717, 1.165) is 32.2 Å². The van der Waals surface area contributed by atoms with E-state index >= 15 is 0 Å². The van der Waals surface area contributed by atoms with E-state index in [2.05, 4.69) is 41.4 Å². The van der Waals surface area contributed by atoms with Crippen molar-refractivity contribution < 1.29 is 19.1 Å². The van der Waals surface area contributed by atoms with Crippen molar-refractivity contribution in [2.24, 2.45) is 5.73 Å². The Morgan fingerprint density at radius 3 is 2.50 bits per heavy atom. The molecular weight excluding hydrogens is 480 g/mol. The van der Waals surface area contributed by atoms with Gasteiger partial charge in [-0.25, -0.2) is 0 Å². The van der Waals surface area contributed by atoms with Crippen molar-refractivity contribution in [2.75, 3.05) is 33.9 Å². The zero-order valence-corrected chi connectivity index (χ0v) is 22.9. The van der Waals surface area contributed by atoms with Gasteiger partial charge in [-0.2, -0.15) is 0 Å². The average molecular weight is 523 g/mol. The van der Waals surface area contributed by atoms with Crippen molar-refractivity contribution in [2.45, 2.75) is 69.7 Å². The smallest absolute Gasteiger partial charge is 0.254 e. The minimum absolute atomic E-state index is 0.0246. The predicted octanol–water partition coefficient (Wildman–Crippen LogP) is 3.12. The van der Waals surface area contributed by atoms with Crippen LogP contribution >= 0.6 is 0 Å². The Morgan fingerprint density at radius 1 is 1.08 bits per heavy atom. The lowest BCUT2D eigenvalue weighted by molar-refractivity contribution is -0.125. The van der Waals surface area contributed by atoms with Crippen LogP contribution in [0, 0.1) is 6.92 Å². The van der Waals surface area contributed by atoms with Crippen LogP contribution < -0.4 is 15.8 Å². The number of likely N-dealkylation sites (tertiary alicyclic amines) is 1. The number of amides is 2. The molecule has 1 aliphatic carbocycles. The summed E-state index contributed by atoms with van der Waals surface area (Å²) in [6, 6.07) is 15.4. The quantitative estimate of drug-likeness (QED) is 0.498. The standard InChI is InChI=1S/C30H42N4O4/c1-21-7-9-22(10-8-21)19-33(15-16-37-2)26-18-28(29(35)32-25-13-11-24(31)12-14-25)34(20-26)30(36)23-5-4-6-27(17-23)38-3/h4-10,17,24-26,28H,11-16,18-20,31H2,1-3H3,(H,32,35). The fraction of sp³-hybridized carbons (Fsp3) is 0.533. The molecule has 1 saturated carbocycles.